The molecule has 0 atom stereocenters. The van der Waals surface area contributed by atoms with Crippen molar-refractivity contribution in [3.63, 3.8) is 0 Å². The zero-order chi connectivity index (χ0) is 17.2. The molecule has 0 amide bonds. The molecule has 1 aromatic carbocycles. The van der Waals surface area contributed by atoms with Crippen molar-refractivity contribution in [3.8, 4) is 17.0 Å². The summed E-state index contributed by atoms with van der Waals surface area (Å²) >= 11 is 0. The van der Waals surface area contributed by atoms with E-state index in [9.17, 15) is 13.2 Å². The van der Waals surface area contributed by atoms with Crippen LogP contribution >= 0.6 is 0 Å². The first kappa shape index (κ1) is 16.7. The Labute approximate surface area is 140 Å². The summed E-state index contributed by atoms with van der Waals surface area (Å²) in [6.45, 7) is 0. The summed E-state index contributed by atoms with van der Waals surface area (Å²) < 4.78 is 33.4. The highest BCUT2D eigenvalue weighted by Gasteiger charge is 2.26. The highest BCUT2D eigenvalue weighted by Crippen LogP contribution is 2.30. The molecule has 1 aliphatic carbocycles. The van der Waals surface area contributed by atoms with Gasteiger partial charge in [-0.1, -0.05) is 12.8 Å². The second-order valence-electron chi connectivity index (χ2n) is 5.77. The Kier molecular flexibility index (Phi) is 4.68. The molecule has 128 valence electrons. The number of aromatic nitrogens is 2. The Morgan fingerprint density at radius 2 is 1.96 bits per heavy atom. The lowest BCUT2D eigenvalue weighted by Gasteiger charge is -2.15. The number of H-pyrrole nitrogens is 1. The molecule has 8 heteroatoms. The van der Waals surface area contributed by atoms with Crippen molar-refractivity contribution in [2.45, 2.75) is 36.6 Å². The molecule has 7 nitrogen and oxygen atoms in total. The number of nitrogens with one attached hydrogen (secondary N) is 2. The molecule has 0 saturated heterocycles. The maximum Gasteiger partial charge on any atom is 0.264 e. The third-order valence-electron chi connectivity index (χ3n) is 4.11. The van der Waals surface area contributed by atoms with E-state index in [1.54, 1.807) is 18.2 Å². The van der Waals surface area contributed by atoms with Gasteiger partial charge in [-0.15, -0.1) is 0 Å². The van der Waals surface area contributed by atoms with Crippen LogP contribution in [0.4, 0.5) is 0 Å². The van der Waals surface area contributed by atoms with Gasteiger partial charge in [-0.3, -0.25) is 4.79 Å². The van der Waals surface area contributed by atoms with Gasteiger partial charge in [-0.05, 0) is 37.1 Å². The molecule has 24 heavy (non-hydrogen) atoms. The lowest BCUT2D eigenvalue weighted by atomic mass is 10.1. The fourth-order valence-corrected chi connectivity index (χ4v) is 4.38. The molecule has 1 aliphatic rings. The van der Waals surface area contributed by atoms with Crippen molar-refractivity contribution in [1.29, 1.82) is 0 Å². The fourth-order valence-electron chi connectivity index (χ4n) is 2.88. The Balaban J connectivity index is 2.00. The highest BCUT2D eigenvalue weighted by molar-refractivity contribution is 7.89. The molecular formula is C16H19N3O4S. The van der Waals surface area contributed by atoms with Gasteiger partial charge in [0.1, 0.15) is 10.6 Å². The summed E-state index contributed by atoms with van der Waals surface area (Å²) in [7, 11) is -2.27. The second-order valence-corrected chi connectivity index (χ2v) is 7.46. The Morgan fingerprint density at radius 1 is 1.21 bits per heavy atom. The largest absolute Gasteiger partial charge is 0.495 e. The van der Waals surface area contributed by atoms with Crippen molar-refractivity contribution < 1.29 is 13.2 Å². The molecule has 0 unspecified atom stereocenters. The van der Waals surface area contributed by atoms with E-state index in [1.807, 2.05) is 0 Å². The van der Waals surface area contributed by atoms with Gasteiger partial charge in [-0.25, -0.2) is 18.2 Å². The molecule has 2 aromatic rings. The van der Waals surface area contributed by atoms with E-state index in [0.717, 1.165) is 25.7 Å². The lowest BCUT2D eigenvalue weighted by molar-refractivity contribution is 0.402. The first-order valence-electron chi connectivity index (χ1n) is 7.76. The van der Waals surface area contributed by atoms with E-state index in [1.165, 1.54) is 19.2 Å². The number of hydrogen-bond donors (Lipinski definition) is 2. The standard InChI is InChI=1S/C16H19N3O4S/c1-23-14-8-6-11(13-7-9-16(20)18-17-13)10-15(14)24(21,22)19-12-4-2-3-5-12/h6-10,12,19H,2-5H2,1H3,(H,18,20). The molecule has 2 N–H and O–H groups in total. The van der Waals surface area contributed by atoms with Crippen LogP contribution in [0, 0.1) is 0 Å². The lowest BCUT2D eigenvalue weighted by Crippen LogP contribution is -2.32. The van der Waals surface area contributed by atoms with Crippen LogP contribution in [-0.4, -0.2) is 31.8 Å². The van der Waals surface area contributed by atoms with Crippen LogP contribution in [0.3, 0.4) is 0 Å². The van der Waals surface area contributed by atoms with E-state index in [4.69, 9.17) is 4.74 Å². The average Bonchev–Trinajstić information content (AvgIpc) is 3.07. The van der Waals surface area contributed by atoms with E-state index < -0.39 is 10.0 Å². The van der Waals surface area contributed by atoms with Gasteiger partial charge in [0.25, 0.3) is 5.56 Å². The minimum Gasteiger partial charge on any atom is -0.495 e. The predicted octanol–water partition coefficient (Wildman–Crippen LogP) is 1.67. The van der Waals surface area contributed by atoms with Gasteiger partial charge in [0.2, 0.25) is 10.0 Å². The Bertz CT molecular complexity index is 866. The number of rotatable bonds is 5. The molecule has 1 saturated carbocycles. The summed E-state index contributed by atoms with van der Waals surface area (Å²) in [5.41, 5.74) is 0.747. The van der Waals surface area contributed by atoms with Gasteiger partial charge >= 0.3 is 0 Å². The molecular weight excluding hydrogens is 330 g/mol. The summed E-state index contributed by atoms with van der Waals surface area (Å²) in [5.74, 6) is 0.272. The Hall–Kier alpha value is -2.19. The summed E-state index contributed by atoms with van der Waals surface area (Å²) in [4.78, 5) is 11.2. The van der Waals surface area contributed by atoms with E-state index >= 15 is 0 Å². The first-order valence-corrected chi connectivity index (χ1v) is 9.24. The molecule has 0 spiro atoms. The van der Waals surface area contributed by atoms with Gasteiger partial charge in [0, 0.05) is 17.7 Å². The van der Waals surface area contributed by atoms with Crippen LogP contribution < -0.4 is 15.0 Å². The Morgan fingerprint density at radius 3 is 2.58 bits per heavy atom. The van der Waals surface area contributed by atoms with E-state index in [2.05, 4.69) is 14.9 Å². The minimum atomic E-state index is -3.70. The number of nitrogens with zero attached hydrogens (tertiary/aromatic N) is 1. The molecule has 0 aliphatic heterocycles. The van der Waals surface area contributed by atoms with Crippen molar-refractivity contribution in [2.24, 2.45) is 0 Å². The molecule has 1 heterocycles. The van der Waals surface area contributed by atoms with E-state index in [-0.39, 0.29) is 22.2 Å². The number of methoxy groups -OCH3 is 1. The smallest absolute Gasteiger partial charge is 0.264 e. The predicted molar refractivity (Wildman–Crippen MR) is 89.4 cm³/mol. The van der Waals surface area contributed by atoms with Crippen molar-refractivity contribution in [2.75, 3.05) is 7.11 Å². The monoisotopic (exact) mass is 349 g/mol. The van der Waals surface area contributed by atoms with Crippen LogP contribution in [0.5, 0.6) is 5.75 Å². The normalized spacial score (nSPS) is 15.5. The quantitative estimate of drug-likeness (QED) is 0.855. The maximum atomic E-state index is 12.7. The summed E-state index contributed by atoms with van der Waals surface area (Å²) in [6, 6.07) is 7.66. The maximum absolute atomic E-state index is 12.7. The fraction of sp³-hybridized carbons (Fsp3) is 0.375. The average molecular weight is 349 g/mol. The molecule has 3 rings (SSSR count). The van der Waals surface area contributed by atoms with Gasteiger partial charge in [-0.2, -0.15) is 5.10 Å². The molecule has 1 fully saturated rings. The number of benzene rings is 1. The van der Waals surface area contributed by atoms with Crippen LogP contribution in [0.2, 0.25) is 0 Å². The van der Waals surface area contributed by atoms with Crippen LogP contribution in [0.1, 0.15) is 25.7 Å². The topological polar surface area (TPSA) is 101 Å². The van der Waals surface area contributed by atoms with Crippen LogP contribution in [0.15, 0.2) is 40.0 Å². The zero-order valence-electron chi connectivity index (χ0n) is 13.3. The zero-order valence-corrected chi connectivity index (χ0v) is 14.1. The SMILES string of the molecule is COc1ccc(-c2ccc(=O)[nH]n2)cc1S(=O)(=O)NC1CCCC1. The van der Waals surface area contributed by atoms with Crippen molar-refractivity contribution in [1.82, 2.24) is 14.9 Å². The van der Waals surface area contributed by atoms with Crippen LogP contribution in [-0.2, 0) is 10.0 Å². The van der Waals surface area contributed by atoms with Gasteiger partial charge < -0.3 is 4.74 Å². The van der Waals surface area contributed by atoms with Crippen LogP contribution in [0.25, 0.3) is 11.3 Å². The molecule has 1 aromatic heterocycles. The third-order valence-corrected chi connectivity index (χ3v) is 5.65. The minimum absolute atomic E-state index is 0.0328. The number of aromatic amines is 1. The summed E-state index contributed by atoms with van der Waals surface area (Å²) in [6.07, 6.45) is 3.77. The van der Waals surface area contributed by atoms with E-state index in [0.29, 0.717) is 11.3 Å². The molecule has 0 bridgehead atoms. The van der Waals surface area contributed by atoms with Crippen molar-refractivity contribution in [3.05, 3.63) is 40.7 Å². The van der Waals surface area contributed by atoms with Crippen molar-refractivity contribution >= 4 is 10.0 Å². The van der Waals surface area contributed by atoms with Gasteiger partial charge in [0.15, 0.2) is 0 Å². The number of hydrogen-bond acceptors (Lipinski definition) is 5. The number of ether oxygens (including phenoxy) is 1. The number of sulfonamides is 1. The third kappa shape index (κ3) is 3.49. The molecule has 0 radical (unpaired) electrons. The summed E-state index contributed by atoms with van der Waals surface area (Å²) in [5, 5.41) is 6.28. The first-order chi connectivity index (χ1) is 11.5. The highest BCUT2D eigenvalue weighted by atomic mass is 32.2. The second kappa shape index (κ2) is 6.74. The van der Waals surface area contributed by atoms with Gasteiger partial charge in [0.05, 0.1) is 12.8 Å².